The molecule has 1 atom stereocenters. The molecule has 7 heteroatoms. The van der Waals surface area contributed by atoms with Crippen LogP contribution in [0.4, 0.5) is 0 Å². The van der Waals surface area contributed by atoms with Crippen molar-refractivity contribution in [3.05, 3.63) is 57.9 Å². The van der Waals surface area contributed by atoms with E-state index in [0.29, 0.717) is 22.9 Å². The molecule has 3 aromatic rings. The van der Waals surface area contributed by atoms with E-state index in [0.717, 1.165) is 35.6 Å². The summed E-state index contributed by atoms with van der Waals surface area (Å²) in [7, 11) is 1.63. The highest BCUT2D eigenvalue weighted by molar-refractivity contribution is 7.14. The molecule has 27 heavy (non-hydrogen) atoms. The van der Waals surface area contributed by atoms with Crippen LogP contribution in [0.1, 0.15) is 39.2 Å². The molecule has 4 rings (SSSR count). The first kappa shape index (κ1) is 17.8. The Morgan fingerprint density at radius 3 is 2.89 bits per heavy atom. The van der Waals surface area contributed by atoms with Gasteiger partial charge in [-0.3, -0.25) is 4.79 Å². The number of thiophene rings is 1. The molecular weight excluding hydrogens is 364 g/mol. The summed E-state index contributed by atoms with van der Waals surface area (Å²) in [6.07, 6.45) is 2.24. The standard InChI is InChI=1S/C20H20N2O4S/c1-24-15-6-4-13(5-7-15)17-11-14(22-26-17)12-21-20(23)19-9-8-18(27-19)16-3-2-10-25-16/h4-9,11,16H,2-3,10,12H2,1H3,(H,21,23). The molecule has 0 radical (unpaired) electrons. The van der Waals surface area contributed by atoms with Crippen LogP contribution in [0, 0.1) is 0 Å². The summed E-state index contributed by atoms with van der Waals surface area (Å²) < 4.78 is 16.2. The number of hydrogen-bond acceptors (Lipinski definition) is 6. The largest absolute Gasteiger partial charge is 0.497 e. The first-order chi connectivity index (χ1) is 13.2. The van der Waals surface area contributed by atoms with Gasteiger partial charge in [-0.15, -0.1) is 11.3 Å². The van der Waals surface area contributed by atoms with Crippen LogP contribution in [0.3, 0.4) is 0 Å². The van der Waals surface area contributed by atoms with Crippen LogP contribution >= 0.6 is 11.3 Å². The molecule has 1 N–H and O–H groups in total. The highest BCUT2D eigenvalue weighted by Gasteiger charge is 2.21. The van der Waals surface area contributed by atoms with E-state index >= 15 is 0 Å². The van der Waals surface area contributed by atoms with E-state index in [9.17, 15) is 4.79 Å². The van der Waals surface area contributed by atoms with E-state index < -0.39 is 0 Å². The van der Waals surface area contributed by atoms with Gasteiger partial charge < -0.3 is 19.3 Å². The number of nitrogens with zero attached hydrogens (tertiary/aromatic N) is 1. The summed E-state index contributed by atoms with van der Waals surface area (Å²) in [5, 5.41) is 6.92. The Bertz CT molecular complexity index is 910. The number of hydrogen-bond donors (Lipinski definition) is 1. The molecule has 3 heterocycles. The van der Waals surface area contributed by atoms with Crippen LogP contribution in [0.2, 0.25) is 0 Å². The molecule has 1 aliphatic rings. The fourth-order valence-corrected chi connectivity index (χ4v) is 4.00. The number of ether oxygens (including phenoxy) is 2. The summed E-state index contributed by atoms with van der Waals surface area (Å²) in [5.74, 6) is 1.32. The van der Waals surface area contributed by atoms with Crippen molar-refractivity contribution in [2.45, 2.75) is 25.5 Å². The Labute approximate surface area is 161 Å². The van der Waals surface area contributed by atoms with Crippen LogP contribution in [0.5, 0.6) is 5.75 Å². The van der Waals surface area contributed by atoms with E-state index in [1.54, 1.807) is 7.11 Å². The Morgan fingerprint density at radius 1 is 1.30 bits per heavy atom. The zero-order chi connectivity index (χ0) is 18.6. The van der Waals surface area contributed by atoms with E-state index in [1.165, 1.54) is 11.3 Å². The number of methoxy groups -OCH3 is 1. The monoisotopic (exact) mass is 384 g/mol. The third-order valence-corrected chi connectivity index (χ3v) is 5.64. The van der Waals surface area contributed by atoms with E-state index in [4.69, 9.17) is 14.0 Å². The third kappa shape index (κ3) is 4.04. The van der Waals surface area contributed by atoms with Crippen LogP contribution in [-0.2, 0) is 11.3 Å². The molecule has 1 aliphatic heterocycles. The predicted molar refractivity (Wildman–Crippen MR) is 102 cm³/mol. The van der Waals surface area contributed by atoms with Crippen molar-refractivity contribution in [2.24, 2.45) is 0 Å². The molecule has 140 valence electrons. The maximum absolute atomic E-state index is 12.4. The second kappa shape index (κ2) is 7.94. The summed E-state index contributed by atoms with van der Waals surface area (Å²) in [5.41, 5.74) is 1.57. The van der Waals surface area contributed by atoms with Gasteiger partial charge in [0.1, 0.15) is 11.4 Å². The predicted octanol–water partition coefficient (Wildman–Crippen LogP) is 4.19. The first-order valence-electron chi connectivity index (χ1n) is 8.82. The van der Waals surface area contributed by atoms with Gasteiger partial charge in [-0.1, -0.05) is 5.16 Å². The third-order valence-electron chi connectivity index (χ3n) is 4.46. The lowest BCUT2D eigenvalue weighted by Gasteiger charge is -2.05. The second-order valence-corrected chi connectivity index (χ2v) is 7.41. The number of aromatic nitrogens is 1. The lowest BCUT2D eigenvalue weighted by molar-refractivity contribution is 0.0954. The molecule has 1 saturated heterocycles. The smallest absolute Gasteiger partial charge is 0.261 e. The van der Waals surface area contributed by atoms with Crippen LogP contribution < -0.4 is 10.1 Å². The van der Waals surface area contributed by atoms with Gasteiger partial charge in [-0.25, -0.2) is 0 Å². The molecule has 0 aliphatic carbocycles. The van der Waals surface area contributed by atoms with Crippen molar-refractivity contribution in [1.82, 2.24) is 10.5 Å². The molecule has 0 bridgehead atoms. The van der Waals surface area contributed by atoms with Gasteiger partial charge in [0.25, 0.3) is 5.91 Å². The van der Waals surface area contributed by atoms with Crippen molar-refractivity contribution >= 4 is 17.2 Å². The van der Waals surface area contributed by atoms with Gasteiger partial charge in [0.15, 0.2) is 5.76 Å². The molecule has 0 spiro atoms. The zero-order valence-electron chi connectivity index (χ0n) is 14.9. The van der Waals surface area contributed by atoms with E-state index in [-0.39, 0.29) is 12.0 Å². The van der Waals surface area contributed by atoms with Gasteiger partial charge >= 0.3 is 0 Å². The number of rotatable bonds is 6. The maximum Gasteiger partial charge on any atom is 0.261 e. The van der Waals surface area contributed by atoms with Crippen molar-refractivity contribution < 1.29 is 18.8 Å². The summed E-state index contributed by atoms with van der Waals surface area (Å²) in [4.78, 5) is 14.2. The minimum atomic E-state index is -0.113. The van der Waals surface area contributed by atoms with Gasteiger partial charge in [-0.2, -0.15) is 0 Å². The quantitative estimate of drug-likeness (QED) is 0.690. The normalized spacial score (nSPS) is 16.4. The highest BCUT2D eigenvalue weighted by atomic mass is 32.1. The number of carbonyl (C=O) groups is 1. The minimum absolute atomic E-state index is 0.113. The number of nitrogens with one attached hydrogen (secondary N) is 1. The molecule has 2 aromatic heterocycles. The summed E-state index contributed by atoms with van der Waals surface area (Å²) in [6.45, 7) is 1.11. The topological polar surface area (TPSA) is 73.6 Å². The SMILES string of the molecule is COc1ccc(-c2cc(CNC(=O)c3ccc(C4CCCO4)s3)no2)cc1. The van der Waals surface area contributed by atoms with E-state index in [1.807, 2.05) is 42.5 Å². The van der Waals surface area contributed by atoms with Crippen molar-refractivity contribution in [3.8, 4) is 17.1 Å². The van der Waals surface area contributed by atoms with Crippen molar-refractivity contribution in [2.75, 3.05) is 13.7 Å². The highest BCUT2D eigenvalue weighted by Crippen LogP contribution is 2.33. The summed E-state index contributed by atoms with van der Waals surface area (Å²) >= 11 is 1.49. The average Bonchev–Trinajstić information content (AvgIpc) is 3.47. The Kier molecular flexibility index (Phi) is 5.22. The van der Waals surface area contributed by atoms with Gasteiger partial charge in [-0.05, 0) is 49.2 Å². The average molecular weight is 384 g/mol. The fraction of sp³-hybridized carbons (Fsp3) is 0.300. The van der Waals surface area contributed by atoms with Gasteiger partial charge in [0.2, 0.25) is 0 Å². The van der Waals surface area contributed by atoms with E-state index in [2.05, 4.69) is 10.5 Å². The van der Waals surface area contributed by atoms with Crippen LogP contribution in [-0.4, -0.2) is 24.8 Å². The molecule has 6 nitrogen and oxygen atoms in total. The molecule has 1 aromatic carbocycles. The Balaban J connectivity index is 1.36. The summed E-state index contributed by atoms with van der Waals surface area (Å²) in [6, 6.07) is 13.2. The lowest BCUT2D eigenvalue weighted by Crippen LogP contribution is -2.21. The Hall–Kier alpha value is -2.64. The molecule has 1 amide bonds. The first-order valence-corrected chi connectivity index (χ1v) is 9.64. The Morgan fingerprint density at radius 2 is 2.15 bits per heavy atom. The number of amides is 1. The van der Waals surface area contributed by atoms with Crippen molar-refractivity contribution in [1.29, 1.82) is 0 Å². The maximum atomic E-state index is 12.4. The van der Waals surface area contributed by atoms with Crippen molar-refractivity contribution in [3.63, 3.8) is 0 Å². The lowest BCUT2D eigenvalue weighted by atomic mass is 10.1. The molecule has 0 saturated carbocycles. The zero-order valence-corrected chi connectivity index (χ0v) is 15.8. The second-order valence-electron chi connectivity index (χ2n) is 6.30. The molecule has 1 fully saturated rings. The fourth-order valence-electron chi connectivity index (χ4n) is 2.99. The minimum Gasteiger partial charge on any atom is -0.497 e. The molecule has 1 unspecified atom stereocenters. The number of benzene rings is 1. The van der Waals surface area contributed by atoms with Crippen LogP contribution in [0.25, 0.3) is 11.3 Å². The van der Waals surface area contributed by atoms with Gasteiger partial charge in [0, 0.05) is 23.1 Å². The molecular formula is C20H20N2O4S. The van der Waals surface area contributed by atoms with Crippen LogP contribution in [0.15, 0.2) is 47.0 Å². The van der Waals surface area contributed by atoms with Gasteiger partial charge in [0.05, 0.1) is 24.6 Å². The number of carbonyl (C=O) groups excluding carboxylic acids is 1.